The summed E-state index contributed by atoms with van der Waals surface area (Å²) in [7, 11) is -3.19. The Balaban J connectivity index is 1.36. The van der Waals surface area contributed by atoms with E-state index in [9.17, 15) is 8.42 Å². The molecule has 1 aromatic heterocycles. The maximum atomic E-state index is 12.4. The Morgan fingerprint density at radius 2 is 1.54 bits per heavy atom. The topological polar surface area (TPSA) is 78.1 Å². The van der Waals surface area contributed by atoms with Gasteiger partial charge in [0.1, 0.15) is 0 Å². The maximum Gasteiger partial charge on any atom is 0.218 e. The van der Waals surface area contributed by atoms with E-state index < -0.39 is 10.0 Å². The van der Waals surface area contributed by atoms with Crippen LogP contribution in [0.1, 0.15) is 29.5 Å². The van der Waals surface area contributed by atoms with Crippen molar-refractivity contribution in [1.29, 1.82) is 0 Å². The smallest absolute Gasteiger partial charge is 0.218 e. The van der Waals surface area contributed by atoms with Gasteiger partial charge in [-0.1, -0.05) is 36.4 Å². The summed E-state index contributed by atoms with van der Waals surface area (Å²) < 4.78 is 26.5. The van der Waals surface area contributed by atoms with E-state index in [1.165, 1.54) is 5.56 Å². The molecule has 7 heteroatoms. The molecule has 1 saturated heterocycles. The van der Waals surface area contributed by atoms with Crippen molar-refractivity contribution in [2.45, 2.75) is 25.0 Å². The Morgan fingerprint density at radius 3 is 2.14 bits per heavy atom. The van der Waals surface area contributed by atoms with Gasteiger partial charge in [-0.15, -0.1) is 0 Å². The molecule has 0 bridgehead atoms. The molecule has 1 aliphatic rings. The highest BCUT2D eigenvalue weighted by Crippen LogP contribution is 2.19. The fourth-order valence-electron chi connectivity index (χ4n) is 3.43. The van der Waals surface area contributed by atoms with Gasteiger partial charge in [0.25, 0.3) is 0 Å². The molecule has 2 aromatic carbocycles. The zero-order valence-electron chi connectivity index (χ0n) is 15.6. The normalized spacial score (nSPS) is 15.0. The van der Waals surface area contributed by atoms with Crippen LogP contribution in [0.3, 0.4) is 0 Å². The first-order chi connectivity index (χ1) is 13.6. The summed E-state index contributed by atoms with van der Waals surface area (Å²) in [5, 5.41) is 3.20. The van der Waals surface area contributed by atoms with Crippen molar-refractivity contribution in [3.05, 3.63) is 77.6 Å². The molecular formula is C21H24N4O2S. The molecule has 4 rings (SSSR count). The highest BCUT2D eigenvalue weighted by atomic mass is 32.2. The molecular weight excluding hydrogens is 372 g/mol. The Bertz CT molecular complexity index is 992. The third-order valence-corrected chi connectivity index (χ3v) is 6.80. The Morgan fingerprint density at radius 1 is 0.929 bits per heavy atom. The molecule has 146 valence electrons. The largest absolute Gasteiger partial charge is 0.331 e. The first kappa shape index (κ1) is 18.7. The molecule has 6 nitrogen and oxygen atoms in total. The van der Waals surface area contributed by atoms with Gasteiger partial charge in [0.05, 0.1) is 5.75 Å². The van der Waals surface area contributed by atoms with Crippen LogP contribution in [-0.2, 0) is 22.2 Å². The van der Waals surface area contributed by atoms with Crippen LogP contribution in [0.15, 0.2) is 60.9 Å². The van der Waals surface area contributed by atoms with Crippen LogP contribution in [0, 0.1) is 0 Å². The number of imidazole rings is 1. The van der Waals surface area contributed by atoms with Crippen molar-refractivity contribution in [3.8, 4) is 0 Å². The second kappa shape index (κ2) is 8.16. The van der Waals surface area contributed by atoms with Crippen molar-refractivity contribution in [2.24, 2.45) is 0 Å². The van der Waals surface area contributed by atoms with E-state index in [0.29, 0.717) is 19.0 Å². The molecule has 2 heterocycles. The summed E-state index contributed by atoms with van der Waals surface area (Å²) in [6.07, 6.45) is 6.22. The molecule has 0 amide bonds. The lowest BCUT2D eigenvalue weighted by Crippen LogP contribution is -2.29. The van der Waals surface area contributed by atoms with Crippen LogP contribution in [0.2, 0.25) is 0 Å². The van der Waals surface area contributed by atoms with E-state index in [-0.39, 0.29) is 5.75 Å². The zero-order chi connectivity index (χ0) is 19.4. The lowest BCUT2D eigenvalue weighted by Gasteiger charge is -2.15. The molecule has 1 fully saturated rings. The SMILES string of the molecule is O=S(=O)(Cc1ccc(Cc2ccc(Nc3ncc[nH]3)cc2)cc1)N1CCCC1. The van der Waals surface area contributed by atoms with E-state index in [2.05, 4.69) is 27.4 Å². The number of rotatable bonds is 7. The number of nitrogens with zero attached hydrogens (tertiary/aromatic N) is 2. The summed E-state index contributed by atoms with van der Waals surface area (Å²) >= 11 is 0. The number of aromatic amines is 1. The second-order valence-corrected chi connectivity index (χ2v) is 9.08. The van der Waals surface area contributed by atoms with Gasteiger partial charge >= 0.3 is 0 Å². The minimum atomic E-state index is -3.19. The number of aromatic nitrogens is 2. The summed E-state index contributed by atoms with van der Waals surface area (Å²) in [6, 6.07) is 16.1. The molecule has 0 atom stereocenters. The van der Waals surface area contributed by atoms with Crippen LogP contribution in [0.4, 0.5) is 11.6 Å². The number of benzene rings is 2. The molecule has 0 aliphatic carbocycles. The van der Waals surface area contributed by atoms with Crippen LogP contribution in [0.25, 0.3) is 0 Å². The Hall–Kier alpha value is -2.64. The Kier molecular flexibility index (Phi) is 5.45. The van der Waals surface area contributed by atoms with Crippen molar-refractivity contribution in [2.75, 3.05) is 18.4 Å². The predicted octanol–water partition coefficient (Wildman–Crippen LogP) is 3.67. The molecule has 0 saturated carbocycles. The quantitative estimate of drug-likeness (QED) is 0.639. The van der Waals surface area contributed by atoms with Crippen molar-refractivity contribution >= 4 is 21.7 Å². The lowest BCUT2D eigenvalue weighted by molar-refractivity contribution is 0.476. The number of sulfonamides is 1. The third kappa shape index (κ3) is 4.61. The van der Waals surface area contributed by atoms with Crippen LogP contribution in [-0.4, -0.2) is 35.8 Å². The molecule has 3 aromatic rings. The molecule has 28 heavy (non-hydrogen) atoms. The highest BCUT2D eigenvalue weighted by molar-refractivity contribution is 7.88. The molecule has 0 radical (unpaired) electrons. The zero-order valence-corrected chi connectivity index (χ0v) is 16.5. The van der Waals surface area contributed by atoms with Crippen molar-refractivity contribution in [3.63, 3.8) is 0 Å². The average molecular weight is 397 g/mol. The van der Waals surface area contributed by atoms with Gasteiger partial charge in [-0.2, -0.15) is 0 Å². The fourth-order valence-corrected chi connectivity index (χ4v) is 5.04. The standard InChI is InChI=1S/C21H24N4O2S/c26-28(27,25-13-1-2-14-25)16-19-5-3-17(4-6-19)15-18-7-9-20(10-8-18)24-21-22-11-12-23-21/h3-12H,1-2,13-16H2,(H2,22,23,24). The van der Waals surface area contributed by atoms with Crippen LogP contribution < -0.4 is 5.32 Å². The average Bonchev–Trinajstić information content (AvgIpc) is 3.39. The van der Waals surface area contributed by atoms with Crippen molar-refractivity contribution in [1.82, 2.24) is 14.3 Å². The van der Waals surface area contributed by atoms with E-state index in [1.807, 2.05) is 36.4 Å². The maximum absolute atomic E-state index is 12.4. The molecule has 2 N–H and O–H groups in total. The lowest BCUT2D eigenvalue weighted by atomic mass is 10.0. The first-order valence-electron chi connectivity index (χ1n) is 9.49. The Labute approximate surface area is 165 Å². The summed E-state index contributed by atoms with van der Waals surface area (Å²) in [5.74, 6) is 0.799. The third-order valence-electron chi connectivity index (χ3n) is 4.95. The second-order valence-electron chi connectivity index (χ2n) is 7.12. The van der Waals surface area contributed by atoms with Gasteiger partial charge in [-0.05, 0) is 48.1 Å². The van der Waals surface area contributed by atoms with Gasteiger partial charge in [-0.25, -0.2) is 17.7 Å². The number of anilines is 2. The number of hydrogen-bond donors (Lipinski definition) is 2. The van der Waals surface area contributed by atoms with Gasteiger partial charge in [-0.3, -0.25) is 0 Å². The van der Waals surface area contributed by atoms with E-state index in [1.54, 1.807) is 16.7 Å². The summed E-state index contributed by atoms with van der Waals surface area (Å²) in [5.41, 5.74) is 4.17. The number of nitrogens with one attached hydrogen (secondary N) is 2. The molecule has 0 unspecified atom stereocenters. The first-order valence-corrected chi connectivity index (χ1v) is 11.1. The minimum absolute atomic E-state index is 0.0838. The van der Waals surface area contributed by atoms with Gasteiger partial charge in [0, 0.05) is 31.2 Å². The van der Waals surface area contributed by atoms with Crippen LogP contribution >= 0.6 is 0 Å². The summed E-state index contributed by atoms with van der Waals surface area (Å²) in [6.45, 7) is 1.32. The highest BCUT2D eigenvalue weighted by Gasteiger charge is 2.25. The van der Waals surface area contributed by atoms with Gasteiger partial charge in [0.2, 0.25) is 16.0 Å². The monoisotopic (exact) mass is 396 g/mol. The van der Waals surface area contributed by atoms with E-state index >= 15 is 0 Å². The number of H-pyrrole nitrogens is 1. The van der Waals surface area contributed by atoms with Crippen LogP contribution in [0.5, 0.6) is 0 Å². The fraction of sp³-hybridized carbons (Fsp3) is 0.286. The van der Waals surface area contributed by atoms with E-state index in [4.69, 9.17) is 0 Å². The molecule has 0 spiro atoms. The molecule has 1 aliphatic heterocycles. The summed E-state index contributed by atoms with van der Waals surface area (Å²) in [4.78, 5) is 7.16. The van der Waals surface area contributed by atoms with E-state index in [0.717, 1.165) is 36.1 Å². The number of hydrogen-bond acceptors (Lipinski definition) is 4. The minimum Gasteiger partial charge on any atom is -0.331 e. The van der Waals surface area contributed by atoms with Gasteiger partial charge in [0.15, 0.2) is 0 Å². The van der Waals surface area contributed by atoms with Gasteiger partial charge < -0.3 is 10.3 Å². The van der Waals surface area contributed by atoms with Crippen molar-refractivity contribution < 1.29 is 8.42 Å². The predicted molar refractivity (Wildman–Crippen MR) is 111 cm³/mol.